The minimum Gasteiger partial charge on any atom is -0.481 e. The lowest BCUT2D eigenvalue weighted by Gasteiger charge is -2.27. The fourth-order valence-electron chi connectivity index (χ4n) is 1.92. The van der Waals surface area contributed by atoms with Crippen LogP contribution in [0.4, 0.5) is 0 Å². The summed E-state index contributed by atoms with van der Waals surface area (Å²) >= 11 is 0. The van der Waals surface area contributed by atoms with Gasteiger partial charge in [-0.15, -0.1) is 0 Å². The number of hydrogen-bond donors (Lipinski definition) is 1. The summed E-state index contributed by atoms with van der Waals surface area (Å²) in [6.07, 6.45) is 2.57. The van der Waals surface area contributed by atoms with E-state index in [2.05, 4.69) is 0 Å². The zero-order valence-electron chi connectivity index (χ0n) is 8.10. The van der Waals surface area contributed by atoms with Gasteiger partial charge in [-0.3, -0.25) is 9.59 Å². The maximum atomic E-state index is 11.6. The summed E-state index contributed by atoms with van der Waals surface area (Å²) < 4.78 is 0. The Labute approximate surface area is 82.3 Å². The third-order valence-electron chi connectivity index (χ3n) is 2.92. The van der Waals surface area contributed by atoms with Crippen LogP contribution in [0.5, 0.6) is 0 Å². The zero-order chi connectivity index (χ0) is 10.7. The van der Waals surface area contributed by atoms with Crippen molar-refractivity contribution in [2.24, 2.45) is 17.8 Å². The molecule has 1 saturated carbocycles. The molecule has 1 N–H and O–H groups in total. The highest BCUT2D eigenvalue weighted by atomic mass is 16.4. The van der Waals surface area contributed by atoms with Gasteiger partial charge in [0.25, 0.3) is 0 Å². The van der Waals surface area contributed by atoms with Crippen LogP contribution in [0, 0.1) is 17.8 Å². The fourth-order valence-corrected chi connectivity index (χ4v) is 1.92. The SMILES string of the molecule is CC(C(=O)O)C1CCCC(C=O)C1=O. The van der Waals surface area contributed by atoms with Crippen LogP contribution in [0.2, 0.25) is 0 Å². The summed E-state index contributed by atoms with van der Waals surface area (Å²) in [5, 5.41) is 8.77. The predicted molar refractivity (Wildman–Crippen MR) is 48.7 cm³/mol. The van der Waals surface area contributed by atoms with E-state index in [1.165, 1.54) is 6.92 Å². The number of hydrogen-bond acceptors (Lipinski definition) is 3. The van der Waals surface area contributed by atoms with Crippen LogP contribution in [-0.2, 0) is 14.4 Å². The molecule has 0 aromatic carbocycles. The number of aldehydes is 1. The van der Waals surface area contributed by atoms with Gasteiger partial charge in [-0.05, 0) is 12.8 Å². The average molecular weight is 198 g/mol. The Morgan fingerprint density at radius 1 is 1.57 bits per heavy atom. The highest BCUT2D eigenvalue weighted by Gasteiger charge is 2.36. The maximum absolute atomic E-state index is 11.6. The van der Waals surface area contributed by atoms with E-state index in [1.54, 1.807) is 0 Å². The molecule has 1 fully saturated rings. The van der Waals surface area contributed by atoms with Crippen molar-refractivity contribution in [3.8, 4) is 0 Å². The molecule has 0 saturated heterocycles. The Balaban J connectivity index is 2.74. The summed E-state index contributed by atoms with van der Waals surface area (Å²) in [4.78, 5) is 32.8. The van der Waals surface area contributed by atoms with Gasteiger partial charge in [0, 0.05) is 5.92 Å². The van der Waals surface area contributed by atoms with Crippen molar-refractivity contribution in [2.75, 3.05) is 0 Å². The normalized spacial score (nSPS) is 29.6. The number of rotatable bonds is 3. The second-order valence-corrected chi connectivity index (χ2v) is 3.81. The quantitative estimate of drug-likeness (QED) is 0.540. The molecule has 0 aromatic heterocycles. The van der Waals surface area contributed by atoms with Crippen molar-refractivity contribution in [3.63, 3.8) is 0 Å². The first-order valence-corrected chi connectivity index (χ1v) is 4.79. The minimum absolute atomic E-state index is 0.193. The van der Waals surface area contributed by atoms with Crippen LogP contribution >= 0.6 is 0 Å². The Kier molecular flexibility index (Phi) is 3.38. The molecule has 78 valence electrons. The largest absolute Gasteiger partial charge is 0.481 e. The molecule has 0 spiro atoms. The van der Waals surface area contributed by atoms with Crippen molar-refractivity contribution >= 4 is 18.0 Å². The molecule has 4 nitrogen and oxygen atoms in total. The van der Waals surface area contributed by atoms with Crippen LogP contribution < -0.4 is 0 Å². The first kappa shape index (κ1) is 10.9. The number of carboxylic acids is 1. The maximum Gasteiger partial charge on any atom is 0.306 e. The van der Waals surface area contributed by atoms with Gasteiger partial charge < -0.3 is 9.90 Å². The number of ketones is 1. The van der Waals surface area contributed by atoms with E-state index >= 15 is 0 Å². The van der Waals surface area contributed by atoms with Gasteiger partial charge in [-0.1, -0.05) is 13.3 Å². The van der Waals surface area contributed by atoms with Gasteiger partial charge in [0.05, 0.1) is 11.8 Å². The molecule has 1 aliphatic rings. The Bertz CT molecular complexity index is 259. The topological polar surface area (TPSA) is 71.4 Å². The van der Waals surface area contributed by atoms with Crippen molar-refractivity contribution in [1.29, 1.82) is 0 Å². The lowest BCUT2D eigenvalue weighted by atomic mass is 9.75. The Morgan fingerprint density at radius 2 is 2.21 bits per heavy atom. The second-order valence-electron chi connectivity index (χ2n) is 3.81. The molecular weight excluding hydrogens is 184 g/mol. The molecule has 1 aliphatic carbocycles. The number of carbonyl (C=O) groups is 3. The molecule has 1 rings (SSSR count). The first-order chi connectivity index (χ1) is 6.57. The molecule has 0 heterocycles. The molecule has 0 aliphatic heterocycles. The molecule has 0 radical (unpaired) electrons. The lowest BCUT2D eigenvalue weighted by Crippen LogP contribution is -2.36. The van der Waals surface area contributed by atoms with Crippen molar-refractivity contribution < 1.29 is 19.5 Å². The lowest BCUT2D eigenvalue weighted by molar-refractivity contribution is -0.148. The van der Waals surface area contributed by atoms with E-state index in [4.69, 9.17) is 5.11 Å². The van der Waals surface area contributed by atoms with Crippen molar-refractivity contribution in [1.82, 2.24) is 0 Å². The van der Waals surface area contributed by atoms with E-state index in [9.17, 15) is 14.4 Å². The van der Waals surface area contributed by atoms with Crippen LogP contribution in [0.15, 0.2) is 0 Å². The Hall–Kier alpha value is -1.19. The summed E-state index contributed by atoms with van der Waals surface area (Å²) in [6.45, 7) is 1.53. The highest BCUT2D eigenvalue weighted by Crippen LogP contribution is 2.30. The van der Waals surface area contributed by atoms with Crippen LogP contribution in [0.3, 0.4) is 0 Å². The van der Waals surface area contributed by atoms with E-state index in [1.807, 2.05) is 0 Å². The zero-order valence-corrected chi connectivity index (χ0v) is 8.10. The standard InChI is InChI=1S/C10H14O4/c1-6(10(13)14)8-4-2-3-7(5-11)9(8)12/h5-8H,2-4H2,1H3,(H,13,14). The molecule has 3 atom stereocenters. The summed E-state index contributed by atoms with van der Waals surface area (Å²) in [5.74, 6) is -2.88. The van der Waals surface area contributed by atoms with Crippen LogP contribution in [-0.4, -0.2) is 23.1 Å². The van der Waals surface area contributed by atoms with Gasteiger partial charge in [-0.25, -0.2) is 0 Å². The first-order valence-electron chi connectivity index (χ1n) is 4.79. The Morgan fingerprint density at radius 3 is 2.71 bits per heavy atom. The van der Waals surface area contributed by atoms with Gasteiger partial charge in [-0.2, -0.15) is 0 Å². The summed E-state index contributed by atoms with van der Waals surface area (Å²) in [7, 11) is 0. The highest BCUT2D eigenvalue weighted by molar-refractivity contribution is 5.97. The average Bonchev–Trinajstić information content (AvgIpc) is 2.17. The minimum atomic E-state index is -0.963. The summed E-state index contributed by atoms with van der Waals surface area (Å²) in [6, 6.07) is 0. The van der Waals surface area contributed by atoms with Crippen LogP contribution in [0.1, 0.15) is 26.2 Å². The monoisotopic (exact) mass is 198 g/mol. The van der Waals surface area contributed by atoms with E-state index in [0.717, 1.165) is 6.42 Å². The smallest absolute Gasteiger partial charge is 0.306 e. The molecule has 3 unspecified atom stereocenters. The number of carboxylic acid groups (broad SMARTS) is 1. The van der Waals surface area contributed by atoms with Gasteiger partial charge in [0.2, 0.25) is 0 Å². The van der Waals surface area contributed by atoms with Gasteiger partial charge in [0.15, 0.2) is 0 Å². The molecule has 14 heavy (non-hydrogen) atoms. The molecule has 4 heteroatoms. The van der Waals surface area contributed by atoms with Crippen molar-refractivity contribution in [3.05, 3.63) is 0 Å². The molecule has 0 amide bonds. The number of carbonyl (C=O) groups excluding carboxylic acids is 2. The molecular formula is C10H14O4. The van der Waals surface area contributed by atoms with Crippen LogP contribution in [0.25, 0.3) is 0 Å². The predicted octanol–water partition coefficient (Wildman–Crippen LogP) is 0.891. The van der Waals surface area contributed by atoms with Gasteiger partial charge >= 0.3 is 5.97 Å². The number of aliphatic carboxylic acids is 1. The van der Waals surface area contributed by atoms with E-state index in [0.29, 0.717) is 19.1 Å². The molecule has 0 aromatic rings. The van der Waals surface area contributed by atoms with E-state index < -0.39 is 23.7 Å². The molecule has 0 bridgehead atoms. The third kappa shape index (κ3) is 2.00. The number of Topliss-reactive ketones (excluding diaryl/α,β-unsaturated/α-hetero) is 1. The van der Waals surface area contributed by atoms with E-state index in [-0.39, 0.29) is 5.78 Å². The van der Waals surface area contributed by atoms with Gasteiger partial charge in [0.1, 0.15) is 12.1 Å². The van der Waals surface area contributed by atoms with Crippen molar-refractivity contribution in [2.45, 2.75) is 26.2 Å². The fraction of sp³-hybridized carbons (Fsp3) is 0.700. The second kappa shape index (κ2) is 4.35. The summed E-state index contributed by atoms with van der Waals surface area (Å²) in [5.41, 5.74) is 0. The third-order valence-corrected chi connectivity index (χ3v) is 2.92.